The molecule has 2 amide bonds. The number of anilines is 1. The zero-order valence-electron chi connectivity index (χ0n) is 21.4. The van der Waals surface area contributed by atoms with Crippen LogP contribution in [0.15, 0.2) is 35.1 Å². The van der Waals surface area contributed by atoms with Crippen LogP contribution in [0.25, 0.3) is 10.8 Å². The van der Waals surface area contributed by atoms with Crippen molar-refractivity contribution in [2.75, 3.05) is 38.0 Å². The molecule has 2 fully saturated rings. The summed E-state index contributed by atoms with van der Waals surface area (Å²) in [6.07, 6.45) is 2.67. The summed E-state index contributed by atoms with van der Waals surface area (Å²) in [5.41, 5.74) is 1.59. The van der Waals surface area contributed by atoms with E-state index in [0.717, 1.165) is 30.0 Å². The van der Waals surface area contributed by atoms with E-state index in [9.17, 15) is 18.8 Å². The van der Waals surface area contributed by atoms with Crippen LogP contribution in [-0.4, -0.2) is 64.9 Å². The Morgan fingerprint density at radius 2 is 1.95 bits per heavy atom. The van der Waals surface area contributed by atoms with Crippen LogP contribution in [-0.2, 0) is 11.2 Å². The summed E-state index contributed by atoms with van der Waals surface area (Å²) >= 11 is 12.6. The molecule has 0 radical (unpaired) electrons. The number of benzene rings is 2. The SMILES string of the molecule is CC1c2c(Cl)cc(Cl)cc2CCN1C(=O)CNc1cc2cc(C(=O)N3CCNC4(CC4)C3)[nH]c(=O)c2cc1F. The summed E-state index contributed by atoms with van der Waals surface area (Å²) in [6.45, 7) is 4.10. The Morgan fingerprint density at radius 1 is 1.15 bits per heavy atom. The highest BCUT2D eigenvalue weighted by molar-refractivity contribution is 6.35. The molecule has 1 spiro atoms. The van der Waals surface area contributed by atoms with Crippen molar-refractivity contribution in [2.45, 2.75) is 37.8 Å². The number of amides is 2. The number of H-pyrrole nitrogens is 1. The number of carbonyl (C=O) groups excluding carboxylic acids is 2. The average molecular weight is 572 g/mol. The van der Waals surface area contributed by atoms with Crippen LogP contribution >= 0.6 is 23.2 Å². The maximum Gasteiger partial charge on any atom is 0.270 e. The summed E-state index contributed by atoms with van der Waals surface area (Å²) in [4.78, 5) is 45.1. The van der Waals surface area contributed by atoms with Gasteiger partial charge in [0, 0.05) is 41.8 Å². The Hall–Kier alpha value is -3.14. The van der Waals surface area contributed by atoms with Crippen molar-refractivity contribution in [3.8, 4) is 0 Å². The summed E-state index contributed by atoms with van der Waals surface area (Å²) in [5, 5.41) is 7.97. The van der Waals surface area contributed by atoms with Crippen LogP contribution in [0.3, 0.4) is 0 Å². The van der Waals surface area contributed by atoms with E-state index in [4.69, 9.17) is 23.2 Å². The minimum Gasteiger partial charge on any atom is -0.374 e. The second-order valence-electron chi connectivity index (χ2n) is 10.7. The quantitative estimate of drug-likeness (QED) is 0.438. The van der Waals surface area contributed by atoms with Gasteiger partial charge in [0.1, 0.15) is 11.5 Å². The van der Waals surface area contributed by atoms with E-state index in [1.54, 1.807) is 21.9 Å². The van der Waals surface area contributed by atoms with E-state index in [0.29, 0.717) is 48.0 Å². The van der Waals surface area contributed by atoms with Gasteiger partial charge in [-0.1, -0.05) is 23.2 Å². The predicted molar refractivity (Wildman–Crippen MR) is 149 cm³/mol. The third-order valence-corrected chi connectivity index (χ3v) is 8.65. The van der Waals surface area contributed by atoms with Crippen LogP contribution < -0.4 is 16.2 Å². The summed E-state index contributed by atoms with van der Waals surface area (Å²) in [7, 11) is 0. The van der Waals surface area contributed by atoms with Gasteiger partial charge in [-0.2, -0.15) is 0 Å². The first-order chi connectivity index (χ1) is 18.6. The third-order valence-electron chi connectivity index (χ3n) is 8.12. The zero-order chi connectivity index (χ0) is 27.5. The van der Waals surface area contributed by atoms with Gasteiger partial charge in [0.05, 0.1) is 23.7 Å². The molecule has 204 valence electrons. The maximum absolute atomic E-state index is 14.9. The summed E-state index contributed by atoms with van der Waals surface area (Å²) < 4.78 is 14.9. The van der Waals surface area contributed by atoms with Crippen molar-refractivity contribution >= 4 is 51.5 Å². The van der Waals surface area contributed by atoms with Crippen LogP contribution in [0, 0.1) is 5.82 Å². The van der Waals surface area contributed by atoms with Crippen LogP contribution in [0.2, 0.25) is 10.0 Å². The number of fused-ring (bicyclic) bond motifs is 2. The average Bonchev–Trinajstić information content (AvgIpc) is 3.64. The first kappa shape index (κ1) is 26.1. The number of hydrogen-bond acceptors (Lipinski definition) is 5. The Balaban J connectivity index is 1.20. The number of nitrogens with one attached hydrogen (secondary N) is 3. The predicted octanol–water partition coefficient (Wildman–Crippen LogP) is 4.11. The molecule has 2 aromatic carbocycles. The standard InChI is InChI=1S/C28H28Cl2FN5O3/c1-15-25-16(8-18(29)11-20(25)30)2-6-36(15)24(37)13-32-22-9-17-10-23(34-26(38)19(17)12-21(22)31)27(39)35-7-5-33-28(14-35)3-4-28/h8-12,15,32-33H,2-7,13-14H2,1H3,(H,34,38). The molecule has 6 rings (SSSR count). The lowest BCUT2D eigenvalue weighted by molar-refractivity contribution is -0.131. The molecule has 3 heterocycles. The normalized spacial score (nSPS) is 19.7. The van der Waals surface area contributed by atoms with E-state index >= 15 is 0 Å². The highest BCUT2D eigenvalue weighted by Gasteiger charge is 2.46. The van der Waals surface area contributed by atoms with E-state index in [-0.39, 0.29) is 46.7 Å². The van der Waals surface area contributed by atoms with Gasteiger partial charge in [0.2, 0.25) is 5.91 Å². The smallest absolute Gasteiger partial charge is 0.270 e. The van der Waals surface area contributed by atoms with E-state index in [1.165, 1.54) is 6.07 Å². The van der Waals surface area contributed by atoms with Gasteiger partial charge < -0.3 is 25.4 Å². The fraction of sp³-hybridized carbons (Fsp3) is 0.393. The molecule has 0 bridgehead atoms. The molecule has 3 aromatic rings. The lowest BCUT2D eigenvalue weighted by Gasteiger charge is -2.36. The van der Waals surface area contributed by atoms with Gasteiger partial charge in [0.15, 0.2) is 0 Å². The van der Waals surface area contributed by atoms with Gasteiger partial charge in [-0.05, 0) is 73.0 Å². The summed E-state index contributed by atoms with van der Waals surface area (Å²) in [5.74, 6) is -1.13. The molecule has 8 nitrogen and oxygen atoms in total. The minimum atomic E-state index is -0.660. The largest absolute Gasteiger partial charge is 0.374 e. The Bertz CT molecular complexity index is 1570. The van der Waals surface area contributed by atoms with E-state index < -0.39 is 11.4 Å². The molecule has 1 aliphatic carbocycles. The van der Waals surface area contributed by atoms with Crippen LogP contribution in [0.4, 0.5) is 10.1 Å². The van der Waals surface area contributed by atoms with Gasteiger partial charge in [-0.25, -0.2) is 4.39 Å². The molecule has 1 atom stereocenters. The number of aromatic nitrogens is 1. The fourth-order valence-electron chi connectivity index (χ4n) is 5.84. The lowest BCUT2D eigenvalue weighted by atomic mass is 9.93. The molecule has 1 unspecified atom stereocenters. The fourth-order valence-corrected chi connectivity index (χ4v) is 6.53. The second kappa shape index (κ2) is 9.80. The number of aromatic amines is 1. The molecular weight excluding hydrogens is 544 g/mol. The highest BCUT2D eigenvalue weighted by atomic mass is 35.5. The molecule has 2 aliphatic heterocycles. The summed E-state index contributed by atoms with van der Waals surface area (Å²) in [6, 6.07) is 7.45. The molecule has 39 heavy (non-hydrogen) atoms. The number of rotatable bonds is 4. The van der Waals surface area contributed by atoms with Crippen LogP contribution in [0.5, 0.6) is 0 Å². The van der Waals surface area contributed by atoms with Gasteiger partial charge in [-0.15, -0.1) is 0 Å². The van der Waals surface area contributed by atoms with Crippen molar-refractivity contribution in [1.82, 2.24) is 20.1 Å². The molecule has 3 aliphatic rings. The first-order valence-electron chi connectivity index (χ1n) is 13.1. The molecule has 11 heteroatoms. The number of halogens is 3. The lowest BCUT2D eigenvalue weighted by Crippen LogP contribution is -2.54. The number of nitrogens with zero attached hydrogens (tertiary/aromatic N) is 2. The van der Waals surface area contributed by atoms with Crippen LogP contribution in [0.1, 0.15) is 47.4 Å². The first-order valence-corrected chi connectivity index (χ1v) is 13.8. The van der Waals surface area contributed by atoms with Gasteiger partial charge >= 0.3 is 0 Å². The Morgan fingerprint density at radius 3 is 2.72 bits per heavy atom. The Kier molecular flexibility index (Phi) is 6.56. The number of pyridine rings is 1. The topological polar surface area (TPSA) is 97.5 Å². The molecule has 3 N–H and O–H groups in total. The third kappa shape index (κ3) is 4.88. The van der Waals surface area contributed by atoms with Crippen molar-refractivity contribution in [3.63, 3.8) is 0 Å². The maximum atomic E-state index is 14.9. The van der Waals surface area contributed by atoms with Gasteiger partial charge in [0.25, 0.3) is 11.5 Å². The van der Waals surface area contributed by atoms with Gasteiger partial charge in [-0.3, -0.25) is 14.4 Å². The Labute approximate surface area is 234 Å². The number of carbonyl (C=O) groups is 2. The number of piperazine rings is 1. The zero-order valence-corrected chi connectivity index (χ0v) is 22.9. The monoisotopic (exact) mass is 571 g/mol. The number of hydrogen-bond donors (Lipinski definition) is 3. The second-order valence-corrected chi connectivity index (χ2v) is 11.5. The molecule has 1 saturated heterocycles. The van der Waals surface area contributed by atoms with Crippen molar-refractivity contribution in [2.24, 2.45) is 0 Å². The van der Waals surface area contributed by atoms with Crippen molar-refractivity contribution < 1.29 is 14.0 Å². The van der Waals surface area contributed by atoms with Crippen molar-refractivity contribution in [3.05, 3.63) is 73.4 Å². The minimum absolute atomic E-state index is 0.00409. The highest BCUT2D eigenvalue weighted by Crippen LogP contribution is 2.38. The molecular formula is C28H28Cl2FN5O3. The molecule has 1 aromatic heterocycles. The van der Waals surface area contributed by atoms with Crippen molar-refractivity contribution in [1.29, 1.82) is 0 Å². The van der Waals surface area contributed by atoms with E-state index in [1.807, 2.05) is 13.0 Å². The molecule has 1 saturated carbocycles. The van der Waals surface area contributed by atoms with E-state index in [2.05, 4.69) is 15.6 Å².